The molecule has 0 bridgehead atoms. The zero-order valence-corrected chi connectivity index (χ0v) is 25.4. The summed E-state index contributed by atoms with van der Waals surface area (Å²) < 4.78 is 42.7. The number of aryl methyl sites for hydroxylation is 1. The lowest BCUT2D eigenvalue weighted by molar-refractivity contribution is -0.274. The molecule has 9 nitrogen and oxygen atoms in total. The Morgan fingerprint density at radius 3 is 2.42 bits per heavy atom. The Kier molecular flexibility index (Phi) is 7.89. The molecule has 1 saturated carbocycles. The molecule has 2 fully saturated rings. The Bertz CT molecular complexity index is 1780. The van der Waals surface area contributed by atoms with Gasteiger partial charge in [0.15, 0.2) is 11.0 Å². The molecule has 6 rings (SSSR count). The van der Waals surface area contributed by atoms with Crippen LogP contribution in [0.3, 0.4) is 0 Å². The van der Waals surface area contributed by atoms with Crippen LogP contribution in [0.15, 0.2) is 78.0 Å². The molecule has 1 N–H and O–H groups in total. The standard InChI is InChI=1S/C32H29F3N6O3S/c1-19(2)27-20(3)5-4-6-25(27)41-26(42)17-45-30(41)37-29(43)38-31(15-16-31)22-9-7-21(8-10-22)28-36-18-40(39-28)23-11-13-24(14-12-23)44-32(33,34)35/h4-14,18-19H,15-17H2,1-3H3,(H,38,43). The molecule has 3 amide bonds. The third-order valence-corrected chi connectivity index (χ3v) is 8.62. The van der Waals surface area contributed by atoms with Crippen LogP contribution in [0.2, 0.25) is 0 Å². The molecule has 4 aromatic rings. The van der Waals surface area contributed by atoms with Gasteiger partial charge in [-0.3, -0.25) is 9.69 Å². The molecule has 45 heavy (non-hydrogen) atoms. The maximum absolute atomic E-state index is 13.2. The van der Waals surface area contributed by atoms with Crippen molar-refractivity contribution in [3.63, 3.8) is 0 Å². The van der Waals surface area contributed by atoms with Crippen LogP contribution in [0.5, 0.6) is 5.75 Å². The molecular formula is C32H29F3N6O3S. The monoisotopic (exact) mass is 634 g/mol. The van der Waals surface area contributed by atoms with Gasteiger partial charge in [-0.05, 0) is 72.7 Å². The maximum Gasteiger partial charge on any atom is 0.573 e. The number of halogens is 3. The summed E-state index contributed by atoms with van der Waals surface area (Å²) in [6.07, 6.45) is -1.80. The summed E-state index contributed by atoms with van der Waals surface area (Å²) in [5.74, 6) is 0.390. The number of carbonyl (C=O) groups is 2. The van der Waals surface area contributed by atoms with Gasteiger partial charge in [0, 0.05) is 5.56 Å². The van der Waals surface area contributed by atoms with Crippen molar-refractivity contribution in [1.82, 2.24) is 20.1 Å². The van der Waals surface area contributed by atoms with Gasteiger partial charge >= 0.3 is 12.4 Å². The van der Waals surface area contributed by atoms with Crippen molar-refractivity contribution in [3.8, 4) is 22.8 Å². The maximum atomic E-state index is 13.2. The van der Waals surface area contributed by atoms with E-state index in [1.807, 2.05) is 49.4 Å². The van der Waals surface area contributed by atoms with E-state index in [1.165, 1.54) is 47.0 Å². The number of aliphatic imine (C=N–C) groups is 1. The van der Waals surface area contributed by atoms with Crippen LogP contribution in [-0.2, 0) is 10.3 Å². The summed E-state index contributed by atoms with van der Waals surface area (Å²) in [5.41, 5.74) is 4.48. The highest BCUT2D eigenvalue weighted by atomic mass is 32.2. The highest BCUT2D eigenvalue weighted by Crippen LogP contribution is 2.46. The van der Waals surface area contributed by atoms with Crippen molar-refractivity contribution >= 4 is 34.6 Å². The minimum absolute atomic E-state index is 0.112. The lowest BCUT2D eigenvalue weighted by Crippen LogP contribution is -2.36. The van der Waals surface area contributed by atoms with Gasteiger partial charge in [0.2, 0.25) is 5.91 Å². The smallest absolute Gasteiger partial charge is 0.406 e. The number of thioether (sulfide) groups is 1. The number of nitrogens with one attached hydrogen (secondary N) is 1. The number of ether oxygens (including phenoxy) is 1. The van der Waals surface area contributed by atoms with Gasteiger partial charge in [-0.15, -0.1) is 18.3 Å². The molecule has 232 valence electrons. The first-order chi connectivity index (χ1) is 21.4. The highest BCUT2D eigenvalue weighted by molar-refractivity contribution is 8.15. The van der Waals surface area contributed by atoms with Crippen LogP contribution in [0, 0.1) is 6.92 Å². The van der Waals surface area contributed by atoms with Crippen molar-refractivity contribution in [2.45, 2.75) is 51.4 Å². The number of urea groups is 1. The van der Waals surface area contributed by atoms with Crippen molar-refractivity contribution in [1.29, 1.82) is 0 Å². The summed E-state index contributed by atoms with van der Waals surface area (Å²) >= 11 is 1.25. The Balaban J connectivity index is 1.15. The van der Waals surface area contributed by atoms with Gasteiger partial charge in [0.25, 0.3) is 0 Å². The normalized spacial score (nSPS) is 16.8. The summed E-state index contributed by atoms with van der Waals surface area (Å²) in [4.78, 5) is 36.3. The second-order valence-electron chi connectivity index (χ2n) is 11.2. The Hall–Kier alpha value is -4.65. The number of nitrogens with zero attached hydrogens (tertiary/aromatic N) is 5. The molecule has 13 heteroatoms. The molecule has 1 saturated heterocycles. The van der Waals surface area contributed by atoms with Crippen LogP contribution >= 0.6 is 11.8 Å². The number of carbonyl (C=O) groups excluding carboxylic acids is 2. The molecule has 1 aliphatic heterocycles. The Labute approximate surface area is 261 Å². The first kappa shape index (κ1) is 30.4. The second-order valence-corrected chi connectivity index (χ2v) is 12.2. The Morgan fingerprint density at radius 2 is 1.78 bits per heavy atom. The van der Waals surface area contributed by atoms with E-state index in [-0.39, 0.29) is 23.3 Å². The largest absolute Gasteiger partial charge is 0.573 e. The fourth-order valence-corrected chi connectivity index (χ4v) is 6.34. The molecule has 0 unspecified atom stereocenters. The van der Waals surface area contributed by atoms with Crippen molar-refractivity contribution < 1.29 is 27.5 Å². The predicted octanol–water partition coefficient (Wildman–Crippen LogP) is 7.10. The van der Waals surface area contributed by atoms with Crippen LogP contribution in [0.1, 0.15) is 49.3 Å². The first-order valence-corrected chi connectivity index (χ1v) is 15.3. The summed E-state index contributed by atoms with van der Waals surface area (Å²) in [5, 5.41) is 7.87. The molecule has 1 aromatic heterocycles. The number of hydrogen-bond acceptors (Lipinski definition) is 6. The molecule has 0 atom stereocenters. The number of amides is 3. The van der Waals surface area contributed by atoms with Gasteiger partial charge in [-0.25, -0.2) is 14.5 Å². The van der Waals surface area contributed by atoms with E-state index >= 15 is 0 Å². The number of rotatable bonds is 7. The van der Waals surface area contributed by atoms with E-state index < -0.39 is 17.9 Å². The predicted molar refractivity (Wildman–Crippen MR) is 166 cm³/mol. The van der Waals surface area contributed by atoms with Gasteiger partial charge < -0.3 is 10.1 Å². The number of anilines is 1. The van der Waals surface area contributed by atoms with E-state index in [4.69, 9.17) is 0 Å². The average molecular weight is 635 g/mol. The third-order valence-electron chi connectivity index (χ3n) is 7.70. The lowest BCUT2D eigenvalue weighted by Gasteiger charge is -2.23. The van der Waals surface area contributed by atoms with Crippen LogP contribution < -0.4 is 15.0 Å². The summed E-state index contributed by atoms with van der Waals surface area (Å²) in [6.45, 7) is 6.16. The summed E-state index contributed by atoms with van der Waals surface area (Å²) in [7, 11) is 0. The number of hydrogen-bond donors (Lipinski definition) is 1. The molecule has 2 heterocycles. The van der Waals surface area contributed by atoms with Gasteiger partial charge in [0.1, 0.15) is 12.1 Å². The topological polar surface area (TPSA) is 102 Å². The summed E-state index contributed by atoms with van der Waals surface area (Å²) in [6, 6.07) is 18.1. The highest BCUT2D eigenvalue weighted by Gasteiger charge is 2.46. The Morgan fingerprint density at radius 1 is 1.07 bits per heavy atom. The van der Waals surface area contributed by atoms with Gasteiger partial charge in [-0.1, -0.05) is 62.0 Å². The van der Waals surface area contributed by atoms with Crippen molar-refractivity contribution in [2.75, 3.05) is 10.7 Å². The third kappa shape index (κ3) is 6.44. The minimum Gasteiger partial charge on any atom is -0.406 e. The van der Waals surface area contributed by atoms with Crippen LogP contribution in [-0.4, -0.2) is 44.0 Å². The number of alkyl halides is 3. The average Bonchev–Trinajstić information content (AvgIpc) is 3.42. The quantitative estimate of drug-likeness (QED) is 0.233. The molecule has 0 spiro atoms. The fraction of sp³-hybridized carbons (Fsp3) is 0.281. The molecule has 3 aromatic carbocycles. The van der Waals surface area contributed by atoms with Gasteiger partial charge in [0.05, 0.1) is 22.7 Å². The zero-order valence-electron chi connectivity index (χ0n) is 24.6. The van der Waals surface area contributed by atoms with E-state index in [9.17, 15) is 22.8 Å². The van der Waals surface area contributed by atoms with E-state index in [1.54, 1.807) is 4.90 Å². The number of aromatic nitrogens is 3. The first-order valence-electron chi connectivity index (χ1n) is 14.3. The van der Waals surface area contributed by atoms with Crippen LogP contribution in [0.4, 0.5) is 23.7 Å². The van der Waals surface area contributed by atoms with Crippen LogP contribution in [0.25, 0.3) is 17.1 Å². The van der Waals surface area contributed by atoms with E-state index in [0.29, 0.717) is 16.7 Å². The molecule has 0 radical (unpaired) electrons. The second kappa shape index (κ2) is 11.7. The number of amidine groups is 1. The molecule has 2 aliphatic rings. The van der Waals surface area contributed by atoms with Gasteiger partial charge in [-0.2, -0.15) is 4.99 Å². The lowest BCUT2D eigenvalue weighted by atomic mass is 9.95. The minimum atomic E-state index is -4.76. The fourth-order valence-electron chi connectivity index (χ4n) is 5.48. The van der Waals surface area contributed by atoms with Crippen molar-refractivity contribution in [2.24, 2.45) is 4.99 Å². The van der Waals surface area contributed by atoms with Crippen molar-refractivity contribution in [3.05, 3.63) is 89.7 Å². The molecule has 1 aliphatic carbocycles. The van der Waals surface area contributed by atoms with E-state index in [0.717, 1.165) is 40.8 Å². The number of benzene rings is 3. The SMILES string of the molecule is Cc1cccc(N2C(=O)CSC2=NC(=O)NC2(c3ccc(-c4ncn(-c5ccc(OC(F)(F)F)cc5)n4)cc3)CC2)c1C(C)C. The molecular weight excluding hydrogens is 605 g/mol. The zero-order chi connectivity index (χ0) is 31.9. The van der Waals surface area contributed by atoms with E-state index in [2.05, 4.69) is 39.0 Å².